The Morgan fingerprint density at radius 1 is 1.47 bits per heavy atom. The van der Waals surface area contributed by atoms with Gasteiger partial charge in [0, 0.05) is 12.6 Å². The minimum atomic E-state index is 0.583. The Bertz CT molecular complexity index is 362. The highest BCUT2D eigenvalue weighted by atomic mass is 16.5. The molecule has 0 saturated carbocycles. The Morgan fingerprint density at radius 2 is 2.20 bits per heavy atom. The summed E-state index contributed by atoms with van der Waals surface area (Å²) in [7, 11) is 3.27. The first-order valence-electron chi connectivity index (χ1n) is 4.76. The van der Waals surface area contributed by atoms with Gasteiger partial charge in [-0.15, -0.1) is 0 Å². The molecule has 4 nitrogen and oxygen atoms in total. The van der Waals surface area contributed by atoms with E-state index in [4.69, 9.17) is 15.2 Å². The fraction of sp³-hybridized carbons (Fsp3) is 0.364. The summed E-state index contributed by atoms with van der Waals surface area (Å²) < 4.78 is 10.5. The van der Waals surface area contributed by atoms with Crippen molar-refractivity contribution in [1.82, 2.24) is 0 Å². The molecular weight excluding hydrogens is 192 g/mol. The maximum atomic E-state index is 5.71. The van der Waals surface area contributed by atoms with Crippen LogP contribution in [0.1, 0.15) is 12.5 Å². The van der Waals surface area contributed by atoms with Crippen molar-refractivity contribution in [2.75, 3.05) is 26.5 Å². The molecule has 2 N–H and O–H groups in total. The predicted octanol–water partition coefficient (Wildman–Crippen LogP) is 1.69. The molecule has 0 bridgehead atoms. The van der Waals surface area contributed by atoms with Crippen LogP contribution in [0.5, 0.6) is 5.75 Å². The number of nitrogens with two attached hydrogens (primary N) is 1. The number of ether oxygens (including phenoxy) is 2. The number of methoxy groups -OCH3 is 1. The summed E-state index contributed by atoms with van der Waals surface area (Å²) in [6.45, 7) is 2.50. The number of nitrogens with zero attached hydrogens (tertiary/aromatic N) is 1. The van der Waals surface area contributed by atoms with E-state index in [1.807, 2.05) is 19.1 Å². The van der Waals surface area contributed by atoms with Gasteiger partial charge in [-0.05, 0) is 25.1 Å². The van der Waals surface area contributed by atoms with Gasteiger partial charge in [-0.25, -0.2) is 0 Å². The second-order valence-corrected chi connectivity index (χ2v) is 2.92. The molecule has 0 fully saturated rings. The standard InChI is InChI=1S/C11H16N2O2/c1-4-15-11(13-2)8-5-6-9(12)10(7-8)14-3/h5-7H,4,12H2,1-3H3/b13-11-. The molecule has 0 radical (unpaired) electrons. The van der Waals surface area contributed by atoms with Crippen molar-refractivity contribution in [2.45, 2.75) is 6.92 Å². The number of rotatable bonds is 3. The van der Waals surface area contributed by atoms with E-state index >= 15 is 0 Å². The Hall–Kier alpha value is -1.71. The molecule has 0 aromatic heterocycles. The molecule has 0 spiro atoms. The fourth-order valence-electron chi connectivity index (χ4n) is 1.26. The average molecular weight is 208 g/mol. The number of hydrogen-bond donors (Lipinski definition) is 1. The van der Waals surface area contributed by atoms with Gasteiger partial charge in [0.2, 0.25) is 5.90 Å². The molecule has 0 atom stereocenters. The number of hydrogen-bond acceptors (Lipinski definition) is 4. The van der Waals surface area contributed by atoms with Crippen molar-refractivity contribution in [3.8, 4) is 5.75 Å². The Morgan fingerprint density at radius 3 is 2.73 bits per heavy atom. The minimum absolute atomic E-state index is 0.583. The molecular formula is C11H16N2O2. The fourth-order valence-corrected chi connectivity index (χ4v) is 1.26. The first kappa shape index (κ1) is 11.4. The predicted molar refractivity (Wildman–Crippen MR) is 61.5 cm³/mol. The van der Waals surface area contributed by atoms with E-state index in [1.54, 1.807) is 20.2 Å². The van der Waals surface area contributed by atoms with E-state index in [0.717, 1.165) is 5.56 Å². The van der Waals surface area contributed by atoms with Crippen molar-refractivity contribution in [3.05, 3.63) is 23.8 Å². The van der Waals surface area contributed by atoms with Crippen molar-refractivity contribution >= 4 is 11.6 Å². The normalized spacial score (nSPS) is 11.3. The van der Waals surface area contributed by atoms with Gasteiger partial charge >= 0.3 is 0 Å². The maximum Gasteiger partial charge on any atom is 0.215 e. The molecule has 0 saturated heterocycles. The molecule has 1 aromatic rings. The van der Waals surface area contributed by atoms with Crippen LogP contribution in [0, 0.1) is 0 Å². The van der Waals surface area contributed by atoms with Crippen molar-refractivity contribution in [2.24, 2.45) is 4.99 Å². The van der Waals surface area contributed by atoms with E-state index in [1.165, 1.54) is 0 Å². The summed E-state index contributed by atoms with van der Waals surface area (Å²) >= 11 is 0. The van der Waals surface area contributed by atoms with Crippen LogP contribution in [0.3, 0.4) is 0 Å². The third-order valence-corrected chi connectivity index (χ3v) is 1.96. The van der Waals surface area contributed by atoms with Gasteiger partial charge in [0.25, 0.3) is 0 Å². The molecule has 0 unspecified atom stereocenters. The molecule has 0 amide bonds. The minimum Gasteiger partial charge on any atom is -0.495 e. The topological polar surface area (TPSA) is 56.8 Å². The Balaban J connectivity index is 3.04. The number of anilines is 1. The van der Waals surface area contributed by atoms with Crippen LogP contribution < -0.4 is 10.5 Å². The zero-order valence-electron chi connectivity index (χ0n) is 9.28. The summed E-state index contributed by atoms with van der Waals surface area (Å²) in [6, 6.07) is 5.45. The highest BCUT2D eigenvalue weighted by Crippen LogP contribution is 2.22. The highest BCUT2D eigenvalue weighted by molar-refractivity contribution is 5.95. The summed E-state index contributed by atoms with van der Waals surface area (Å²) in [6.07, 6.45) is 0. The van der Waals surface area contributed by atoms with Crippen LogP contribution in [-0.4, -0.2) is 26.7 Å². The molecule has 4 heteroatoms. The van der Waals surface area contributed by atoms with Gasteiger partial charge in [0.05, 0.1) is 19.4 Å². The van der Waals surface area contributed by atoms with Gasteiger partial charge < -0.3 is 15.2 Å². The van der Waals surface area contributed by atoms with Gasteiger partial charge in [0.1, 0.15) is 5.75 Å². The smallest absolute Gasteiger partial charge is 0.215 e. The number of benzene rings is 1. The van der Waals surface area contributed by atoms with E-state index in [9.17, 15) is 0 Å². The molecule has 0 heterocycles. The third-order valence-electron chi connectivity index (χ3n) is 1.96. The van der Waals surface area contributed by atoms with Crippen LogP contribution >= 0.6 is 0 Å². The lowest BCUT2D eigenvalue weighted by molar-refractivity contribution is 0.328. The second-order valence-electron chi connectivity index (χ2n) is 2.92. The number of nitrogen functional groups attached to an aromatic ring is 1. The first-order chi connectivity index (χ1) is 7.22. The van der Waals surface area contributed by atoms with Gasteiger partial charge in [-0.2, -0.15) is 0 Å². The number of aliphatic imine (C=N–C) groups is 1. The molecule has 15 heavy (non-hydrogen) atoms. The summed E-state index contributed by atoms with van der Waals surface area (Å²) in [5.41, 5.74) is 7.18. The zero-order valence-corrected chi connectivity index (χ0v) is 9.28. The van der Waals surface area contributed by atoms with E-state index in [0.29, 0.717) is 23.9 Å². The SMILES string of the molecule is CCO/C(=N\C)c1ccc(N)c(OC)c1. The van der Waals surface area contributed by atoms with Crippen LogP contribution in [0.25, 0.3) is 0 Å². The first-order valence-corrected chi connectivity index (χ1v) is 4.76. The molecule has 0 aliphatic rings. The van der Waals surface area contributed by atoms with Crippen LogP contribution in [0.15, 0.2) is 23.2 Å². The zero-order chi connectivity index (χ0) is 11.3. The van der Waals surface area contributed by atoms with Crippen molar-refractivity contribution in [3.63, 3.8) is 0 Å². The maximum absolute atomic E-state index is 5.71. The van der Waals surface area contributed by atoms with Crippen molar-refractivity contribution in [1.29, 1.82) is 0 Å². The lowest BCUT2D eigenvalue weighted by Crippen LogP contribution is -2.07. The van der Waals surface area contributed by atoms with Crippen LogP contribution in [0.4, 0.5) is 5.69 Å². The summed E-state index contributed by atoms with van der Waals surface area (Å²) in [4.78, 5) is 4.05. The summed E-state index contributed by atoms with van der Waals surface area (Å²) in [5.74, 6) is 1.23. The van der Waals surface area contributed by atoms with Crippen LogP contribution in [0.2, 0.25) is 0 Å². The lowest BCUT2D eigenvalue weighted by atomic mass is 10.2. The third kappa shape index (κ3) is 2.62. The largest absolute Gasteiger partial charge is 0.495 e. The highest BCUT2D eigenvalue weighted by Gasteiger charge is 2.06. The van der Waals surface area contributed by atoms with Crippen molar-refractivity contribution < 1.29 is 9.47 Å². The van der Waals surface area contributed by atoms with E-state index in [-0.39, 0.29) is 0 Å². The van der Waals surface area contributed by atoms with E-state index in [2.05, 4.69) is 4.99 Å². The average Bonchev–Trinajstić information content (AvgIpc) is 2.27. The molecule has 0 aliphatic heterocycles. The monoisotopic (exact) mass is 208 g/mol. The molecule has 82 valence electrons. The quantitative estimate of drug-likeness (QED) is 0.467. The van der Waals surface area contributed by atoms with Gasteiger partial charge in [-0.3, -0.25) is 4.99 Å². The Kier molecular flexibility index (Phi) is 3.97. The second kappa shape index (κ2) is 5.24. The van der Waals surface area contributed by atoms with Gasteiger partial charge in [0.15, 0.2) is 0 Å². The lowest BCUT2D eigenvalue weighted by Gasteiger charge is -2.09. The molecule has 1 aromatic carbocycles. The van der Waals surface area contributed by atoms with Crippen LogP contribution in [-0.2, 0) is 4.74 Å². The molecule has 1 rings (SSSR count). The summed E-state index contributed by atoms with van der Waals surface area (Å²) in [5, 5.41) is 0. The Labute approximate surface area is 89.7 Å². The van der Waals surface area contributed by atoms with E-state index < -0.39 is 0 Å². The van der Waals surface area contributed by atoms with Gasteiger partial charge in [-0.1, -0.05) is 0 Å². The molecule has 0 aliphatic carbocycles.